The molecule has 0 fully saturated rings. The minimum atomic E-state index is -0.490. The Morgan fingerprint density at radius 2 is 1.81 bits per heavy atom. The third-order valence-corrected chi connectivity index (χ3v) is 6.13. The van der Waals surface area contributed by atoms with E-state index in [2.05, 4.69) is 18.7 Å². The summed E-state index contributed by atoms with van der Waals surface area (Å²) >= 11 is 0. The molecule has 1 amide bonds. The van der Waals surface area contributed by atoms with Crippen molar-refractivity contribution in [1.29, 1.82) is 0 Å². The maximum Gasteiger partial charge on any atom is 0.290 e. The maximum absolute atomic E-state index is 13.5. The Morgan fingerprint density at radius 3 is 2.56 bits per heavy atom. The lowest BCUT2D eigenvalue weighted by Gasteiger charge is -2.27. The molecule has 0 bridgehead atoms. The second kappa shape index (κ2) is 9.57. The first kappa shape index (κ1) is 22.1. The zero-order valence-corrected chi connectivity index (χ0v) is 19.0. The molecule has 4 rings (SSSR count). The Hall–Kier alpha value is -3.12. The monoisotopic (exact) mass is 434 g/mol. The van der Waals surface area contributed by atoms with Gasteiger partial charge in [0.05, 0.1) is 23.6 Å². The number of benzene rings is 2. The fourth-order valence-electron chi connectivity index (χ4n) is 4.49. The van der Waals surface area contributed by atoms with Gasteiger partial charge in [0.25, 0.3) is 5.91 Å². The Morgan fingerprint density at radius 1 is 1.03 bits per heavy atom. The number of rotatable bonds is 9. The summed E-state index contributed by atoms with van der Waals surface area (Å²) in [5.41, 5.74) is 1.57. The van der Waals surface area contributed by atoms with E-state index in [4.69, 9.17) is 9.15 Å². The molecule has 0 spiro atoms. The van der Waals surface area contributed by atoms with Crippen molar-refractivity contribution in [2.75, 3.05) is 32.8 Å². The molecule has 2 heterocycles. The molecule has 0 unspecified atom stereocenters. The van der Waals surface area contributed by atoms with E-state index < -0.39 is 6.04 Å². The van der Waals surface area contributed by atoms with Crippen molar-refractivity contribution in [3.8, 4) is 5.75 Å². The Balaban J connectivity index is 1.79. The summed E-state index contributed by atoms with van der Waals surface area (Å²) in [6.07, 6.45) is 0.816. The number of fused-ring (bicyclic) bond motifs is 2. The normalized spacial score (nSPS) is 15.6. The molecule has 3 aromatic rings. The van der Waals surface area contributed by atoms with Gasteiger partial charge in [0.15, 0.2) is 5.43 Å². The Labute approximate surface area is 188 Å². The molecule has 1 aromatic heterocycles. The number of hydrogen-bond acceptors (Lipinski definition) is 5. The molecule has 32 heavy (non-hydrogen) atoms. The van der Waals surface area contributed by atoms with Gasteiger partial charge < -0.3 is 19.0 Å². The van der Waals surface area contributed by atoms with Gasteiger partial charge in [-0.3, -0.25) is 9.59 Å². The van der Waals surface area contributed by atoms with Gasteiger partial charge >= 0.3 is 0 Å². The molecule has 1 aliphatic rings. The highest BCUT2D eigenvalue weighted by Gasteiger charge is 2.42. The summed E-state index contributed by atoms with van der Waals surface area (Å²) in [6.45, 7) is 10.1. The van der Waals surface area contributed by atoms with Crippen molar-refractivity contribution in [1.82, 2.24) is 9.80 Å². The number of amides is 1. The molecule has 0 saturated heterocycles. The molecule has 0 saturated carbocycles. The zero-order chi connectivity index (χ0) is 22.7. The SMILES string of the molecule is CCOc1cccc([C@H]2c3c(oc4ccccc4c3=O)C(=O)N2CCCN(CC)CC)c1. The molecular formula is C26H30N2O4. The molecule has 6 heteroatoms. The van der Waals surface area contributed by atoms with Crippen LogP contribution in [0.15, 0.2) is 57.7 Å². The first-order valence-electron chi connectivity index (χ1n) is 11.4. The number of carbonyl (C=O) groups is 1. The van der Waals surface area contributed by atoms with Crippen molar-refractivity contribution in [2.24, 2.45) is 0 Å². The number of ether oxygens (including phenoxy) is 1. The van der Waals surface area contributed by atoms with Crippen LogP contribution >= 0.6 is 0 Å². The van der Waals surface area contributed by atoms with Gasteiger partial charge in [0.1, 0.15) is 11.3 Å². The highest BCUT2D eigenvalue weighted by atomic mass is 16.5. The third-order valence-electron chi connectivity index (χ3n) is 6.13. The summed E-state index contributed by atoms with van der Waals surface area (Å²) in [6, 6.07) is 14.3. The van der Waals surface area contributed by atoms with E-state index in [1.165, 1.54) is 0 Å². The standard InChI is InChI=1S/C26H30N2O4/c1-4-27(5-2)15-10-16-28-23(18-11-9-12-19(17-18)31-6-3)22-24(29)20-13-7-8-14-21(20)32-25(22)26(28)30/h7-9,11-14,17,23H,4-6,10,15-16H2,1-3H3/t23-/m0/s1. The van der Waals surface area contributed by atoms with Gasteiger partial charge in [-0.2, -0.15) is 0 Å². The number of nitrogens with zero attached hydrogens (tertiary/aromatic N) is 2. The first-order valence-corrected chi connectivity index (χ1v) is 11.4. The van der Waals surface area contributed by atoms with Crippen LogP contribution in [-0.2, 0) is 0 Å². The van der Waals surface area contributed by atoms with Crippen LogP contribution in [0.25, 0.3) is 11.0 Å². The van der Waals surface area contributed by atoms with Crippen LogP contribution in [0, 0.1) is 0 Å². The van der Waals surface area contributed by atoms with Crippen molar-refractivity contribution in [3.63, 3.8) is 0 Å². The molecular weight excluding hydrogens is 404 g/mol. The zero-order valence-electron chi connectivity index (χ0n) is 19.0. The van der Waals surface area contributed by atoms with E-state index in [1.54, 1.807) is 17.0 Å². The van der Waals surface area contributed by atoms with Crippen molar-refractivity contribution in [3.05, 3.63) is 75.6 Å². The number of carbonyl (C=O) groups excluding carboxylic acids is 1. The van der Waals surface area contributed by atoms with Crippen LogP contribution in [0.3, 0.4) is 0 Å². The smallest absolute Gasteiger partial charge is 0.290 e. The van der Waals surface area contributed by atoms with Crippen molar-refractivity contribution >= 4 is 16.9 Å². The third kappa shape index (κ3) is 4.02. The molecule has 1 atom stereocenters. The lowest BCUT2D eigenvalue weighted by molar-refractivity contribution is 0.0720. The second-order valence-electron chi connectivity index (χ2n) is 7.96. The summed E-state index contributed by atoms with van der Waals surface area (Å²) in [5.74, 6) is 0.650. The van der Waals surface area contributed by atoms with E-state index in [1.807, 2.05) is 43.3 Å². The summed E-state index contributed by atoms with van der Waals surface area (Å²) in [7, 11) is 0. The average molecular weight is 435 g/mol. The fraction of sp³-hybridized carbons (Fsp3) is 0.385. The van der Waals surface area contributed by atoms with Crippen LogP contribution in [0.4, 0.5) is 0 Å². The maximum atomic E-state index is 13.5. The molecule has 0 aliphatic carbocycles. The Bertz CT molecular complexity index is 1170. The van der Waals surface area contributed by atoms with Gasteiger partial charge in [-0.15, -0.1) is 0 Å². The number of hydrogen-bond donors (Lipinski definition) is 0. The molecule has 6 nitrogen and oxygen atoms in total. The van der Waals surface area contributed by atoms with E-state index in [-0.39, 0.29) is 17.1 Å². The summed E-state index contributed by atoms with van der Waals surface area (Å²) in [5, 5.41) is 0.495. The topological polar surface area (TPSA) is 63.0 Å². The largest absolute Gasteiger partial charge is 0.494 e. The molecule has 0 N–H and O–H groups in total. The van der Waals surface area contributed by atoms with E-state index in [9.17, 15) is 9.59 Å². The molecule has 2 aromatic carbocycles. The van der Waals surface area contributed by atoms with Gasteiger partial charge in [0.2, 0.25) is 5.76 Å². The van der Waals surface area contributed by atoms with E-state index >= 15 is 0 Å². The first-order chi connectivity index (χ1) is 15.6. The van der Waals surface area contributed by atoms with Gasteiger partial charge in [-0.25, -0.2) is 0 Å². The molecule has 168 valence electrons. The van der Waals surface area contributed by atoms with Crippen LogP contribution in [0.5, 0.6) is 5.75 Å². The minimum absolute atomic E-state index is 0.145. The average Bonchev–Trinajstić information content (AvgIpc) is 3.09. The van der Waals surface area contributed by atoms with Crippen LogP contribution in [0.2, 0.25) is 0 Å². The van der Waals surface area contributed by atoms with Gasteiger partial charge in [0, 0.05) is 6.54 Å². The Kier molecular flexibility index (Phi) is 6.61. The van der Waals surface area contributed by atoms with Crippen LogP contribution in [-0.4, -0.2) is 48.5 Å². The van der Waals surface area contributed by atoms with Crippen molar-refractivity contribution in [2.45, 2.75) is 33.2 Å². The minimum Gasteiger partial charge on any atom is -0.494 e. The predicted octanol–water partition coefficient (Wildman–Crippen LogP) is 4.47. The fourth-order valence-corrected chi connectivity index (χ4v) is 4.49. The summed E-state index contributed by atoms with van der Waals surface area (Å²) in [4.78, 5) is 31.1. The van der Waals surface area contributed by atoms with Crippen LogP contribution < -0.4 is 10.2 Å². The van der Waals surface area contributed by atoms with Crippen molar-refractivity contribution < 1.29 is 13.9 Å². The lowest BCUT2D eigenvalue weighted by Crippen LogP contribution is -2.33. The highest BCUT2D eigenvalue weighted by Crippen LogP contribution is 2.39. The van der Waals surface area contributed by atoms with E-state index in [0.29, 0.717) is 29.7 Å². The van der Waals surface area contributed by atoms with Crippen LogP contribution in [0.1, 0.15) is 54.9 Å². The molecule has 1 aliphatic heterocycles. The summed E-state index contributed by atoms with van der Waals surface area (Å²) < 4.78 is 11.7. The van der Waals surface area contributed by atoms with Gasteiger partial charge in [-0.05, 0) is 62.8 Å². The number of para-hydroxylation sites is 1. The van der Waals surface area contributed by atoms with Gasteiger partial charge in [-0.1, -0.05) is 38.1 Å². The lowest BCUT2D eigenvalue weighted by atomic mass is 9.98. The highest BCUT2D eigenvalue weighted by molar-refractivity contribution is 5.99. The van der Waals surface area contributed by atoms with E-state index in [0.717, 1.165) is 37.4 Å². The quantitative estimate of drug-likeness (QED) is 0.497. The predicted molar refractivity (Wildman–Crippen MR) is 125 cm³/mol. The molecule has 0 radical (unpaired) electrons. The second-order valence-corrected chi connectivity index (χ2v) is 7.96.